The number of hydrogen-bond donors (Lipinski definition) is 1. The molecule has 2 aromatic rings. The topological polar surface area (TPSA) is 55.4 Å². The Morgan fingerprint density at radius 1 is 1.09 bits per heavy atom. The lowest BCUT2D eigenvalue weighted by Crippen LogP contribution is -2.22. The van der Waals surface area contributed by atoms with Crippen molar-refractivity contribution >= 4 is 17.9 Å². The summed E-state index contributed by atoms with van der Waals surface area (Å²) in [5, 5.41) is 2.15. The van der Waals surface area contributed by atoms with Gasteiger partial charge in [0.15, 0.2) is 12.9 Å². The van der Waals surface area contributed by atoms with Crippen LogP contribution in [0, 0.1) is 0 Å². The van der Waals surface area contributed by atoms with Crippen molar-refractivity contribution in [1.29, 1.82) is 0 Å². The normalized spacial score (nSPS) is 10.9. The molecule has 0 bridgehead atoms. The fourth-order valence-corrected chi connectivity index (χ4v) is 1.88. The third-order valence-electron chi connectivity index (χ3n) is 2.91. The largest absolute Gasteiger partial charge is 0.483 e. The Labute approximate surface area is 129 Å². The number of carbonyl (C=O) groups is 2. The zero-order valence-corrected chi connectivity index (χ0v) is 11.8. The van der Waals surface area contributed by atoms with Gasteiger partial charge in [0.2, 0.25) is 0 Å². The van der Waals surface area contributed by atoms with Crippen molar-refractivity contribution in [2.45, 2.75) is 6.18 Å². The minimum absolute atomic E-state index is 0.182. The number of para-hydroxylation sites is 2. The average molecular weight is 323 g/mol. The predicted molar refractivity (Wildman–Crippen MR) is 77.4 cm³/mol. The number of hydrogen-bond acceptors (Lipinski definition) is 3. The van der Waals surface area contributed by atoms with Gasteiger partial charge in [0, 0.05) is 0 Å². The SMILES string of the molecule is O=Cc1ccccc1OCC(=O)Nc1ccccc1C(F)(F)F. The van der Waals surface area contributed by atoms with Crippen LogP contribution in [0.4, 0.5) is 18.9 Å². The summed E-state index contributed by atoms with van der Waals surface area (Å²) in [5.74, 6) is -0.579. The molecule has 120 valence electrons. The number of benzene rings is 2. The van der Waals surface area contributed by atoms with E-state index >= 15 is 0 Å². The van der Waals surface area contributed by atoms with Crippen LogP contribution in [0.2, 0.25) is 0 Å². The van der Waals surface area contributed by atoms with Gasteiger partial charge in [-0.05, 0) is 24.3 Å². The third kappa shape index (κ3) is 4.32. The van der Waals surface area contributed by atoms with E-state index in [0.717, 1.165) is 12.1 Å². The zero-order valence-electron chi connectivity index (χ0n) is 11.8. The second-order valence-electron chi connectivity index (χ2n) is 4.54. The Morgan fingerprint density at radius 2 is 1.74 bits per heavy atom. The molecule has 0 fully saturated rings. The van der Waals surface area contributed by atoms with Crippen molar-refractivity contribution in [3.8, 4) is 5.75 Å². The van der Waals surface area contributed by atoms with Crippen LogP contribution in [0.3, 0.4) is 0 Å². The quantitative estimate of drug-likeness (QED) is 0.856. The van der Waals surface area contributed by atoms with Gasteiger partial charge >= 0.3 is 6.18 Å². The number of carbonyl (C=O) groups excluding carboxylic acids is 2. The number of rotatable bonds is 5. The van der Waals surface area contributed by atoms with Crippen LogP contribution in [-0.2, 0) is 11.0 Å². The fraction of sp³-hybridized carbons (Fsp3) is 0.125. The Kier molecular flexibility index (Phi) is 5.00. The molecule has 0 radical (unpaired) electrons. The van der Waals surface area contributed by atoms with Gasteiger partial charge in [0.1, 0.15) is 5.75 Å². The monoisotopic (exact) mass is 323 g/mol. The lowest BCUT2D eigenvalue weighted by atomic mass is 10.1. The molecule has 0 saturated carbocycles. The molecule has 4 nitrogen and oxygen atoms in total. The zero-order chi connectivity index (χ0) is 16.9. The highest BCUT2D eigenvalue weighted by Gasteiger charge is 2.33. The second-order valence-corrected chi connectivity index (χ2v) is 4.54. The first-order valence-electron chi connectivity index (χ1n) is 6.55. The molecule has 2 aromatic carbocycles. The van der Waals surface area contributed by atoms with Crippen molar-refractivity contribution in [3.63, 3.8) is 0 Å². The van der Waals surface area contributed by atoms with Crippen LogP contribution in [0.5, 0.6) is 5.75 Å². The fourth-order valence-electron chi connectivity index (χ4n) is 1.88. The Hall–Kier alpha value is -2.83. The van der Waals surface area contributed by atoms with Gasteiger partial charge in [-0.3, -0.25) is 9.59 Å². The standard InChI is InChI=1S/C16H12F3NO3/c17-16(18,19)12-6-2-3-7-13(12)20-15(22)10-23-14-8-4-1-5-11(14)9-21/h1-9H,10H2,(H,20,22). The van der Waals surface area contributed by atoms with Gasteiger partial charge < -0.3 is 10.1 Å². The molecule has 0 aliphatic carbocycles. The van der Waals surface area contributed by atoms with E-state index in [2.05, 4.69) is 5.32 Å². The molecule has 0 atom stereocenters. The molecule has 1 N–H and O–H groups in total. The summed E-state index contributed by atoms with van der Waals surface area (Å²) >= 11 is 0. The first-order valence-corrected chi connectivity index (χ1v) is 6.55. The summed E-state index contributed by atoms with van der Waals surface area (Å²) in [5.41, 5.74) is -1.05. The van der Waals surface area contributed by atoms with E-state index in [1.807, 2.05) is 0 Å². The minimum atomic E-state index is -4.57. The lowest BCUT2D eigenvalue weighted by Gasteiger charge is -2.14. The molecule has 0 aliphatic heterocycles. The highest BCUT2D eigenvalue weighted by molar-refractivity contribution is 5.93. The molecule has 7 heteroatoms. The van der Waals surface area contributed by atoms with Crippen molar-refractivity contribution < 1.29 is 27.5 Å². The van der Waals surface area contributed by atoms with Crippen LogP contribution in [0.1, 0.15) is 15.9 Å². The van der Waals surface area contributed by atoms with E-state index < -0.39 is 24.3 Å². The lowest BCUT2D eigenvalue weighted by molar-refractivity contribution is -0.137. The van der Waals surface area contributed by atoms with Crippen molar-refractivity contribution in [2.75, 3.05) is 11.9 Å². The van der Waals surface area contributed by atoms with Crippen LogP contribution in [0.25, 0.3) is 0 Å². The summed E-state index contributed by atoms with van der Waals surface area (Å²) in [7, 11) is 0. The molecule has 0 aliphatic rings. The van der Waals surface area contributed by atoms with E-state index in [4.69, 9.17) is 4.74 Å². The van der Waals surface area contributed by atoms with Crippen LogP contribution in [-0.4, -0.2) is 18.8 Å². The average Bonchev–Trinajstić information content (AvgIpc) is 2.52. The third-order valence-corrected chi connectivity index (χ3v) is 2.91. The second kappa shape index (κ2) is 6.95. The highest BCUT2D eigenvalue weighted by Crippen LogP contribution is 2.34. The highest BCUT2D eigenvalue weighted by atomic mass is 19.4. The number of alkyl halides is 3. The molecule has 1 amide bonds. The molecule has 0 saturated heterocycles. The molecule has 0 unspecified atom stereocenters. The first-order chi connectivity index (χ1) is 10.9. The molecule has 0 spiro atoms. The van der Waals surface area contributed by atoms with Crippen molar-refractivity contribution in [1.82, 2.24) is 0 Å². The molecule has 2 rings (SSSR count). The van der Waals surface area contributed by atoms with Crippen LogP contribution in [0.15, 0.2) is 48.5 Å². The van der Waals surface area contributed by atoms with Gasteiger partial charge in [0.25, 0.3) is 5.91 Å². The number of halogens is 3. The summed E-state index contributed by atoms with van der Waals surface area (Å²) in [4.78, 5) is 22.6. The summed E-state index contributed by atoms with van der Waals surface area (Å²) in [6.45, 7) is -0.517. The van der Waals surface area contributed by atoms with Crippen LogP contribution >= 0.6 is 0 Å². The number of nitrogens with one attached hydrogen (secondary N) is 1. The first kappa shape index (κ1) is 16.5. The van der Waals surface area contributed by atoms with E-state index in [1.54, 1.807) is 12.1 Å². The Balaban J connectivity index is 2.05. The van der Waals surface area contributed by atoms with E-state index in [1.165, 1.54) is 24.3 Å². The van der Waals surface area contributed by atoms with Gasteiger partial charge in [-0.1, -0.05) is 24.3 Å². The number of anilines is 1. The molecule has 0 heterocycles. The Bertz CT molecular complexity index is 714. The van der Waals surface area contributed by atoms with Gasteiger partial charge in [-0.2, -0.15) is 13.2 Å². The maximum absolute atomic E-state index is 12.8. The summed E-state index contributed by atoms with van der Waals surface area (Å²) in [6.07, 6.45) is -4.01. The summed E-state index contributed by atoms with van der Waals surface area (Å²) < 4.78 is 43.6. The van der Waals surface area contributed by atoms with E-state index in [-0.39, 0.29) is 17.0 Å². The van der Waals surface area contributed by atoms with Gasteiger partial charge in [-0.25, -0.2) is 0 Å². The number of ether oxygens (including phenoxy) is 1. The molecular formula is C16H12F3NO3. The maximum atomic E-state index is 12.8. The van der Waals surface area contributed by atoms with E-state index in [9.17, 15) is 22.8 Å². The molecule has 0 aromatic heterocycles. The Morgan fingerprint density at radius 3 is 2.43 bits per heavy atom. The van der Waals surface area contributed by atoms with Gasteiger partial charge in [-0.15, -0.1) is 0 Å². The molecular weight excluding hydrogens is 311 g/mol. The maximum Gasteiger partial charge on any atom is 0.418 e. The molecule has 23 heavy (non-hydrogen) atoms. The van der Waals surface area contributed by atoms with Crippen LogP contribution < -0.4 is 10.1 Å². The minimum Gasteiger partial charge on any atom is -0.483 e. The number of aldehydes is 1. The number of amides is 1. The predicted octanol–water partition coefficient (Wildman–Crippen LogP) is 3.54. The summed E-state index contributed by atoms with van der Waals surface area (Å²) in [6, 6.07) is 10.9. The van der Waals surface area contributed by atoms with Gasteiger partial charge in [0.05, 0.1) is 16.8 Å². The van der Waals surface area contributed by atoms with Crippen molar-refractivity contribution in [3.05, 3.63) is 59.7 Å². The van der Waals surface area contributed by atoms with E-state index in [0.29, 0.717) is 6.29 Å². The smallest absolute Gasteiger partial charge is 0.418 e. The van der Waals surface area contributed by atoms with Crippen molar-refractivity contribution in [2.24, 2.45) is 0 Å².